The molecule has 1 saturated heterocycles. The lowest BCUT2D eigenvalue weighted by Crippen LogP contribution is -2.30. The molecule has 1 aliphatic rings. The minimum atomic E-state index is -3.15. The van der Waals surface area contributed by atoms with Gasteiger partial charge in [-0.1, -0.05) is 35.5 Å². The summed E-state index contributed by atoms with van der Waals surface area (Å²) in [5.74, 6) is 1.07. The van der Waals surface area contributed by atoms with Crippen LogP contribution in [0.1, 0.15) is 36.5 Å². The smallest absolute Gasteiger partial charge is 0.252 e. The number of aromatic nitrogens is 2. The van der Waals surface area contributed by atoms with Crippen molar-refractivity contribution >= 4 is 10.0 Å². The SMILES string of the molecule is CCS(=O)(=O)N1CCC(c2noc(COCc3ccccc3)n2)C1. The lowest BCUT2D eigenvalue weighted by molar-refractivity contribution is 0.0850. The molecule has 0 bridgehead atoms. The third-order valence-electron chi connectivity index (χ3n) is 4.10. The summed E-state index contributed by atoms with van der Waals surface area (Å²) in [4.78, 5) is 4.34. The highest BCUT2D eigenvalue weighted by Gasteiger charge is 2.33. The highest BCUT2D eigenvalue weighted by atomic mass is 32.2. The van der Waals surface area contributed by atoms with Crippen molar-refractivity contribution in [1.82, 2.24) is 14.4 Å². The molecule has 1 fully saturated rings. The van der Waals surface area contributed by atoms with Crippen LogP contribution < -0.4 is 0 Å². The number of nitrogens with zero attached hydrogens (tertiary/aromatic N) is 3. The molecular formula is C16H21N3O4S. The van der Waals surface area contributed by atoms with E-state index in [4.69, 9.17) is 9.26 Å². The first-order chi connectivity index (χ1) is 11.6. The van der Waals surface area contributed by atoms with E-state index in [1.807, 2.05) is 30.3 Å². The maximum Gasteiger partial charge on any atom is 0.252 e. The van der Waals surface area contributed by atoms with E-state index in [-0.39, 0.29) is 18.3 Å². The lowest BCUT2D eigenvalue weighted by atomic mass is 10.1. The molecule has 1 unspecified atom stereocenters. The second-order valence-corrected chi connectivity index (χ2v) is 8.03. The maximum atomic E-state index is 11.9. The van der Waals surface area contributed by atoms with Crippen LogP contribution in [-0.4, -0.2) is 41.7 Å². The molecule has 1 aromatic carbocycles. The van der Waals surface area contributed by atoms with Gasteiger partial charge in [0.2, 0.25) is 10.0 Å². The Morgan fingerprint density at radius 1 is 1.29 bits per heavy atom. The summed E-state index contributed by atoms with van der Waals surface area (Å²) in [6, 6.07) is 9.85. The van der Waals surface area contributed by atoms with Crippen LogP contribution >= 0.6 is 0 Å². The number of ether oxygens (including phenoxy) is 1. The summed E-state index contributed by atoms with van der Waals surface area (Å²) >= 11 is 0. The van der Waals surface area contributed by atoms with Crippen molar-refractivity contribution in [3.63, 3.8) is 0 Å². The Morgan fingerprint density at radius 2 is 2.08 bits per heavy atom. The zero-order valence-corrected chi connectivity index (χ0v) is 14.4. The number of hydrogen-bond donors (Lipinski definition) is 0. The van der Waals surface area contributed by atoms with E-state index >= 15 is 0 Å². The third kappa shape index (κ3) is 4.00. The molecule has 8 heteroatoms. The molecule has 2 aromatic rings. The molecule has 0 spiro atoms. The van der Waals surface area contributed by atoms with Crippen LogP contribution in [0.2, 0.25) is 0 Å². The van der Waals surface area contributed by atoms with Gasteiger partial charge in [-0.2, -0.15) is 4.98 Å². The van der Waals surface area contributed by atoms with E-state index in [0.717, 1.165) is 5.56 Å². The largest absolute Gasteiger partial charge is 0.367 e. The maximum absolute atomic E-state index is 11.9. The Labute approximate surface area is 141 Å². The van der Waals surface area contributed by atoms with Crippen molar-refractivity contribution < 1.29 is 17.7 Å². The van der Waals surface area contributed by atoms with E-state index in [1.165, 1.54) is 4.31 Å². The lowest BCUT2D eigenvalue weighted by Gasteiger charge is -2.13. The van der Waals surface area contributed by atoms with E-state index in [1.54, 1.807) is 6.92 Å². The number of rotatable bonds is 7. The quantitative estimate of drug-likeness (QED) is 0.758. The van der Waals surface area contributed by atoms with Gasteiger partial charge in [-0.3, -0.25) is 0 Å². The molecule has 3 rings (SSSR count). The molecule has 0 amide bonds. The van der Waals surface area contributed by atoms with Crippen LogP contribution in [0.3, 0.4) is 0 Å². The minimum Gasteiger partial charge on any atom is -0.367 e. The Hall–Kier alpha value is -1.77. The van der Waals surface area contributed by atoms with E-state index in [2.05, 4.69) is 10.1 Å². The number of sulfonamides is 1. The van der Waals surface area contributed by atoms with Crippen molar-refractivity contribution in [1.29, 1.82) is 0 Å². The number of hydrogen-bond acceptors (Lipinski definition) is 6. The van der Waals surface area contributed by atoms with Crippen LogP contribution in [0.25, 0.3) is 0 Å². The summed E-state index contributed by atoms with van der Waals surface area (Å²) in [5, 5.41) is 3.98. The van der Waals surface area contributed by atoms with Gasteiger partial charge in [-0.25, -0.2) is 12.7 Å². The fourth-order valence-corrected chi connectivity index (χ4v) is 3.85. The first-order valence-electron chi connectivity index (χ1n) is 8.00. The second-order valence-electron chi connectivity index (χ2n) is 5.77. The zero-order chi connectivity index (χ0) is 17.0. The normalized spacial score (nSPS) is 19.0. The average Bonchev–Trinajstić information content (AvgIpc) is 3.25. The van der Waals surface area contributed by atoms with Gasteiger partial charge in [-0.05, 0) is 18.9 Å². The number of benzene rings is 1. The molecular weight excluding hydrogens is 330 g/mol. The summed E-state index contributed by atoms with van der Waals surface area (Å²) < 4.78 is 36.1. The fourth-order valence-electron chi connectivity index (χ4n) is 2.70. The van der Waals surface area contributed by atoms with Crippen molar-refractivity contribution in [3.05, 3.63) is 47.6 Å². The first-order valence-corrected chi connectivity index (χ1v) is 9.61. The molecule has 1 atom stereocenters. The molecule has 0 radical (unpaired) electrons. The van der Waals surface area contributed by atoms with Gasteiger partial charge < -0.3 is 9.26 Å². The summed E-state index contributed by atoms with van der Waals surface area (Å²) in [6.45, 7) is 3.30. The highest BCUT2D eigenvalue weighted by Crippen LogP contribution is 2.27. The summed E-state index contributed by atoms with van der Waals surface area (Å²) in [6.07, 6.45) is 0.711. The third-order valence-corrected chi connectivity index (χ3v) is 5.94. The van der Waals surface area contributed by atoms with Gasteiger partial charge in [-0.15, -0.1) is 0 Å². The predicted octanol–water partition coefficient (Wildman–Crippen LogP) is 1.93. The highest BCUT2D eigenvalue weighted by molar-refractivity contribution is 7.89. The topological polar surface area (TPSA) is 85.5 Å². The Balaban J connectivity index is 1.53. The summed E-state index contributed by atoms with van der Waals surface area (Å²) in [5.41, 5.74) is 1.08. The van der Waals surface area contributed by atoms with Crippen molar-refractivity contribution in [2.24, 2.45) is 0 Å². The van der Waals surface area contributed by atoms with Gasteiger partial charge in [0.05, 0.1) is 12.4 Å². The Morgan fingerprint density at radius 3 is 2.83 bits per heavy atom. The Kier molecular flexibility index (Phi) is 5.27. The van der Waals surface area contributed by atoms with Crippen LogP contribution in [-0.2, 0) is 28.0 Å². The van der Waals surface area contributed by atoms with Gasteiger partial charge in [0.1, 0.15) is 6.61 Å². The molecule has 24 heavy (non-hydrogen) atoms. The molecule has 2 heterocycles. The van der Waals surface area contributed by atoms with E-state index in [9.17, 15) is 8.42 Å². The van der Waals surface area contributed by atoms with Gasteiger partial charge in [0.25, 0.3) is 5.89 Å². The molecule has 1 aliphatic heterocycles. The minimum absolute atomic E-state index is 0.0158. The van der Waals surface area contributed by atoms with E-state index < -0.39 is 10.0 Å². The van der Waals surface area contributed by atoms with Gasteiger partial charge in [0, 0.05) is 19.0 Å². The fraction of sp³-hybridized carbons (Fsp3) is 0.500. The molecule has 7 nitrogen and oxygen atoms in total. The molecule has 0 saturated carbocycles. The van der Waals surface area contributed by atoms with Crippen LogP contribution in [0, 0.1) is 0 Å². The zero-order valence-electron chi connectivity index (χ0n) is 13.6. The second kappa shape index (κ2) is 7.42. The molecule has 130 valence electrons. The van der Waals surface area contributed by atoms with Crippen LogP contribution in [0.5, 0.6) is 0 Å². The molecule has 0 N–H and O–H groups in total. The Bertz CT molecular complexity index is 761. The monoisotopic (exact) mass is 351 g/mol. The summed E-state index contributed by atoms with van der Waals surface area (Å²) in [7, 11) is -3.15. The van der Waals surface area contributed by atoms with Gasteiger partial charge in [0.15, 0.2) is 5.82 Å². The van der Waals surface area contributed by atoms with Crippen LogP contribution in [0.4, 0.5) is 0 Å². The van der Waals surface area contributed by atoms with Crippen molar-refractivity contribution in [3.8, 4) is 0 Å². The van der Waals surface area contributed by atoms with Crippen molar-refractivity contribution in [2.45, 2.75) is 32.5 Å². The standard InChI is InChI=1S/C16H21N3O4S/c1-2-24(20,21)19-9-8-14(10-19)16-17-15(23-18-16)12-22-11-13-6-4-3-5-7-13/h3-7,14H,2,8-12H2,1H3. The molecule has 0 aliphatic carbocycles. The van der Waals surface area contributed by atoms with Crippen LogP contribution in [0.15, 0.2) is 34.9 Å². The predicted molar refractivity (Wildman–Crippen MR) is 87.6 cm³/mol. The first kappa shape index (κ1) is 17.1. The van der Waals surface area contributed by atoms with Crippen molar-refractivity contribution in [2.75, 3.05) is 18.8 Å². The average molecular weight is 351 g/mol. The van der Waals surface area contributed by atoms with E-state index in [0.29, 0.717) is 37.8 Å². The van der Waals surface area contributed by atoms with Gasteiger partial charge >= 0.3 is 0 Å². The molecule has 1 aromatic heterocycles.